The Labute approximate surface area is 138 Å². The highest BCUT2D eigenvalue weighted by molar-refractivity contribution is 5.89. The van der Waals surface area contributed by atoms with E-state index in [0.717, 1.165) is 5.56 Å². The van der Waals surface area contributed by atoms with Crippen LogP contribution < -0.4 is 14.8 Å². The molecule has 126 valence electrons. The minimum Gasteiger partial charge on any atom is -0.493 e. The van der Waals surface area contributed by atoms with Crippen molar-refractivity contribution in [2.45, 2.75) is 6.54 Å². The van der Waals surface area contributed by atoms with Crippen molar-refractivity contribution in [3.63, 3.8) is 0 Å². The van der Waals surface area contributed by atoms with Crippen molar-refractivity contribution < 1.29 is 23.8 Å². The number of hydrogen-bond donors (Lipinski definition) is 1. The fourth-order valence-electron chi connectivity index (χ4n) is 1.85. The Morgan fingerprint density at radius 3 is 2.58 bits per heavy atom. The largest absolute Gasteiger partial charge is 0.493 e. The van der Waals surface area contributed by atoms with E-state index in [1.54, 1.807) is 25.3 Å². The molecule has 0 saturated heterocycles. The normalized spacial score (nSPS) is 9.92. The van der Waals surface area contributed by atoms with Crippen LogP contribution in [-0.4, -0.2) is 42.7 Å². The van der Waals surface area contributed by atoms with Gasteiger partial charge in [-0.3, -0.25) is 9.78 Å². The van der Waals surface area contributed by atoms with Crippen LogP contribution >= 0.6 is 0 Å². The molecule has 0 aliphatic carbocycles. The molecule has 0 saturated carbocycles. The Bertz CT molecular complexity index is 706. The summed E-state index contributed by atoms with van der Waals surface area (Å²) in [6.45, 7) is -0.134. The Morgan fingerprint density at radius 2 is 1.92 bits per heavy atom. The maximum Gasteiger partial charge on any atom is 0.359 e. The monoisotopic (exact) mass is 331 g/mol. The molecule has 2 aromatic rings. The van der Waals surface area contributed by atoms with E-state index in [9.17, 15) is 9.59 Å². The molecule has 24 heavy (non-hydrogen) atoms. The number of nitrogens with one attached hydrogen (secondary N) is 1. The number of aromatic nitrogens is 2. The number of esters is 1. The minimum absolute atomic E-state index is 0.0465. The van der Waals surface area contributed by atoms with E-state index in [-0.39, 0.29) is 12.2 Å². The lowest BCUT2D eigenvalue weighted by Gasteiger charge is -2.10. The topological polar surface area (TPSA) is 99.6 Å². The lowest BCUT2D eigenvalue weighted by molar-refractivity contribution is -0.124. The molecule has 0 bridgehead atoms. The third-order valence-electron chi connectivity index (χ3n) is 3.04. The van der Waals surface area contributed by atoms with Crippen molar-refractivity contribution in [1.29, 1.82) is 0 Å². The molecule has 1 amide bonds. The van der Waals surface area contributed by atoms with E-state index in [1.165, 1.54) is 25.7 Å². The van der Waals surface area contributed by atoms with Crippen molar-refractivity contribution in [2.75, 3.05) is 20.8 Å². The summed E-state index contributed by atoms with van der Waals surface area (Å²) < 4.78 is 15.2. The molecule has 1 heterocycles. The van der Waals surface area contributed by atoms with Crippen LogP contribution in [0.3, 0.4) is 0 Å². The second-order valence-corrected chi connectivity index (χ2v) is 4.63. The first-order valence-electron chi connectivity index (χ1n) is 7.04. The molecule has 1 N–H and O–H groups in total. The molecule has 0 radical (unpaired) electrons. The van der Waals surface area contributed by atoms with Gasteiger partial charge in [-0.05, 0) is 17.7 Å². The van der Waals surface area contributed by atoms with Crippen LogP contribution in [0.15, 0.2) is 36.8 Å². The fraction of sp³-hybridized carbons (Fsp3) is 0.250. The van der Waals surface area contributed by atoms with Crippen molar-refractivity contribution in [2.24, 2.45) is 0 Å². The van der Waals surface area contributed by atoms with Gasteiger partial charge in [0.1, 0.15) is 0 Å². The molecule has 0 aliphatic rings. The van der Waals surface area contributed by atoms with Crippen LogP contribution in [-0.2, 0) is 16.1 Å². The molecule has 0 fully saturated rings. The van der Waals surface area contributed by atoms with Crippen LogP contribution in [0.1, 0.15) is 16.1 Å². The third kappa shape index (κ3) is 4.67. The number of carbonyl (C=O) groups excluding carboxylic acids is 2. The van der Waals surface area contributed by atoms with E-state index in [4.69, 9.17) is 14.2 Å². The van der Waals surface area contributed by atoms with Crippen molar-refractivity contribution >= 4 is 11.9 Å². The van der Waals surface area contributed by atoms with Crippen LogP contribution in [0.5, 0.6) is 11.5 Å². The highest BCUT2D eigenvalue weighted by atomic mass is 16.5. The van der Waals surface area contributed by atoms with Gasteiger partial charge in [0.25, 0.3) is 5.91 Å². The molecule has 0 atom stereocenters. The van der Waals surface area contributed by atoms with Gasteiger partial charge in [0, 0.05) is 18.9 Å². The fourth-order valence-corrected chi connectivity index (χ4v) is 1.85. The molecule has 8 nitrogen and oxygen atoms in total. The summed E-state index contributed by atoms with van der Waals surface area (Å²) in [4.78, 5) is 30.9. The summed E-state index contributed by atoms with van der Waals surface area (Å²) in [5.41, 5.74) is 0.867. The summed E-state index contributed by atoms with van der Waals surface area (Å²) in [5.74, 6) is 0.0372. The summed E-state index contributed by atoms with van der Waals surface area (Å²) in [6.07, 6.45) is 4.07. The number of ether oxygens (including phenoxy) is 3. The van der Waals surface area contributed by atoms with E-state index in [2.05, 4.69) is 15.3 Å². The summed E-state index contributed by atoms with van der Waals surface area (Å²) >= 11 is 0. The number of hydrogen-bond acceptors (Lipinski definition) is 7. The lowest BCUT2D eigenvalue weighted by atomic mass is 10.2. The highest BCUT2D eigenvalue weighted by Gasteiger charge is 2.11. The molecule has 0 aliphatic heterocycles. The highest BCUT2D eigenvalue weighted by Crippen LogP contribution is 2.27. The Balaban J connectivity index is 1.82. The van der Waals surface area contributed by atoms with Crippen LogP contribution in [0.2, 0.25) is 0 Å². The summed E-state index contributed by atoms with van der Waals surface area (Å²) in [7, 11) is 3.08. The first-order valence-corrected chi connectivity index (χ1v) is 7.04. The quantitative estimate of drug-likeness (QED) is 0.755. The summed E-state index contributed by atoms with van der Waals surface area (Å²) in [5, 5.41) is 2.65. The van der Waals surface area contributed by atoms with Gasteiger partial charge in [-0.15, -0.1) is 0 Å². The Kier molecular flexibility index (Phi) is 6.07. The first-order chi connectivity index (χ1) is 11.6. The Morgan fingerprint density at radius 1 is 1.12 bits per heavy atom. The van der Waals surface area contributed by atoms with Crippen molar-refractivity contribution in [1.82, 2.24) is 15.3 Å². The molecular weight excluding hydrogens is 314 g/mol. The first kappa shape index (κ1) is 17.2. The van der Waals surface area contributed by atoms with Crippen LogP contribution in [0.25, 0.3) is 0 Å². The zero-order valence-electron chi connectivity index (χ0n) is 13.3. The molecule has 8 heteroatoms. The maximum atomic E-state index is 11.7. The number of methoxy groups -OCH3 is 2. The second-order valence-electron chi connectivity index (χ2n) is 4.63. The lowest BCUT2D eigenvalue weighted by Crippen LogP contribution is -2.28. The maximum absolute atomic E-state index is 11.7. The van der Waals surface area contributed by atoms with E-state index in [1.807, 2.05) is 0 Å². The molecule has 2 rings (SSSR count). The third-order valence-corrected chi connectivity index (χ3v) is 3.04. The molecular formula is C16H17N3O5. The molecule has 1 aromatic carbocycles. The molecule has 0 unspecified atom stereocenters. The zero-order valence-corrected chi connectivity index (χ0v) is 13.3. The van der Waals surface area contributed by atoms with Gasteiger partial charge < -0.3 is 19.5 Å². The predicted octanol–water partition coefficient (Wildman–Crippen LogP) is 0.967. The van der Waals surface area contributed by atoms with Gasteiger partial charge in [-0.25, -0.2) is 9.78 Å². The average Bonchev–Trinajstić information content (AvgIpc) is 2.64. The SMILES string of the molecule is COc1ccc(CNC(=O)COC(=O)c2cnccn2)cc1OC. The van der Waals surface area contributed by atoms with E-state index >= 15 is 0 Å². The van der Waals surface area contributed by atoms with E-state index in [0.29, 0.717) is 11.5 Å². The van der Waals surface area contributed by atoms with Gasteiger partial charge in [0.05, 0.1) is 20.4 Å². The van der Waals surface area contributed by atoms with Gasteiger partial charge in [-0.2, -0.15) is 0 Å². The number of carbonyl (C=O) groups is 2. The number of rotatable bonds is 7. The van der Waals surface area contributed by atoms with Crippen LogP contribution in [0, 0.1) is 0 Å². The van der Waals surface area contributed by atoms with Gasteiger partial charge in [0.2, 0.25) is 0 Å². The minimum atomic E-state index is -0.704. The summed E-state index contributed by atoms with van der Waals surface area (Å²) in [6, 6.07) is 5.30. The van der Waals surface area contributed by atoms with Gasteiger partial charge in [0.15, 0.2) is 23.8 Å². The van der Waals surface area contributed by atoms with Gasteiger partial charge >= 0.3 is 5.97 Å². The number of nitrogens with zero attached hydrogens (tertiary/aromatic N) is 2. The molecule has 1 aromatic heterocycles. The van der Waals surface area contributed by atoms with E-state index < -0.39 is 18.5 Å². The second kappa shape index (κ2) is 8.47. The number of benzene rings is 1. The Hall–Kier alpha value is -3.16. The van der Waals surface area contributed by atoms with Crippen molar-refractivity contribution in [3.8, 4) is 11.5 Å². The predicted molar refractivity (Wildman–Crippen MR) is 83.7 cm³/mol. The van der Waals surface area contributed by atoms with Crippen molar-refractivity contribution in [3.05, 3.63) is 48.0 Å². The zero-order chi connectivity index (χ0) is 17.4. The standard InChI is InChI=1S/C16H17N3O5/c1-22-13-4-3-11(7-14(13)23-2)8-19-15(20)10-24-16(21)12-9-17-5-6-18-12/h3-7,9H,8,10H2,1-2H3,(H,19,20). The smallest absolute Gasteiger partial charge is 0.359 e. The number of amides is 1. The average molecular weight is 331 g/mol. The molecule has 0 spiro atoms. The van der Waals surface area contributed by atoms with Crippen LogP contribution in [0.4, 0.5) is 0 Å². The van der Waals surface area contributed by atoms with Gasteiger partial charge in [-0.1, -0.05) is 6.07 Å².